The number of halogens is 2. The van der Waals surface area contributed by atoms with Crippen molar-refractivity contribution >= 4 is 34.2 Å². The Bertz CT molecular complexity index is 426. The summed E-state index contributed by atoms with van der Waals surface area (Å²) in [5.74, 6) is 0.724. The Kier molecular flexibility index (Phi) is 9.66. The maximum absolute atomic E-state index is 12.2. The van der Waals surface area contributed by atoms with Gasteiger partial charge < -0.3 is 15.4 Å². The van der Waals surface area contributed by atoms with Crippen molar-refractivity contribution in [1.29, 1.82) is 0 Å². The van der Waals surface area contributed by atoms with Gasteiger partial charge in [-0.2, -0.15) is 0 Å². The largest absolute Gasteiger partial charge is 0.492 e. The summed E-state index contributed by atoms with van der Waals surface area (Å²) >= 11 is 3.38. The van der Waals surface area contributed by atoms with E-state index in [9.17, 15) is 4.79 Å². The van der Waals surface area contributed by atoms with Gasteiger partial charge in [0.05, 0.1) is 12.5 Å². The highest BCUT2D eigenvalue weighted by Gasteiger charge is 2.22. The van der Waals surface area contributed by atoms with Crippen LogP contribution >= 0.6 is 28.3 Å². The number of carbonyl (C=O) groups excluding carboxylic acids is 1. The second kappa shape index (κ2) is 10.0. The van der Waals surface area contributed by atoms with Gasteiger partial charge in [0.25, 0.3) is 0 Å². The summed E-state index contributed by atoms with van der Waals surface area (Å²) in [7, 11) is 0. The quantitative estimate of drug-likeness (QED) is 0.792. The minimum atomic E-state index is -0.164. The minimum Gasteiger partial charge on any atom is -0.492 e. The molecule has 2 N–H and O–H groups in total. The van der Waals surface area contributed by atoms with E-state index in [1.165, 1.54) is 0 Å². The van der Waals surface area contributed by atoms with Crippen molar-refractivity contribution in [2.45, 2.75) is 26.8 Å². The number of nitrogens with two attached hydrogens (primary N) is 1. The zero-order valence-electron chi connectivity index (χ0n) is 12.7. The molecule has 4 nitrogen and oxygen atoms in total. The van der Waals surface area contributed by atoms with Gasteiger partial charge in [-0.3, -0.25) is 4.79 Å². The molecule has 0 saturated heterocycles. The molecule has 0 aliphatic carbocycles. The molecular formula is C15H24BrClN2O2. The fourth-order valence-electron chi connectivity index (χ4n) is 1.74. The third-order valence-electron chi connectivity index (χ3n) is 3.32. The SMILES string of the molecule is CCN(CCOc1ccc(Br)cc1)C(=O)C(C)C(C)N.Cl. The number of hydrogen-bond acceptors (Lipinski definition) is 3. The first-order valence-electron chi connectivity index (χ1n) is 6.88. The van der Waals surface area contributed by atoms with Crippen LogP contribution in [0.3, 0.4) is 0 Å². The van der Waals surface area contributed by atoms with Crippen LogP contribution in [-0.2, 0) is 4.79 Å². The van der Waals surface area contributed by atoms with Crippen LogP contribution in [0.2, 0.25) is 0 Å². The maximum Gasteiger partial charge on any atom is 0.227 e. The molecule has 0 radical (unpaired) electrons. The normalized spacial score (nSPS) is 13.0. The number of rotatable bonds is 7. The van der Waals surface area contributed by atoms with E-state index in [-0.39, 0.29) is 30.3 Å². The highest BCUT2D eigenvalue weighted by Crippen LogP contribution is 2.16. The summed E-state index contributed by atoms with van der Waals surface area (Å²) < 4.78 is 6.65. The molecule has 6 heteroatoms. The summed E-state index contributed by atoms with van der Waals surface area (Å²) in [6.45, 7) is 7.40. The monoisotopic (exact) mass is 378 g/mol. The number of amides is 1. The second-order valence-electron chi connectivity index (χ2n) is 4.87. The fraction of sp³-hybridized carbons (Fsp3) is 0.533. The van der Waals surface area contributed by atoms with Crippen LogP contribution < -0.4 is 10.5 Å². The Morgan fingerprint density at radius 1 is 1.33 bits per heavy atom. The van der Waals surface area contributed by atoms with Crippen LogP contribution in [0.15, 0.2) is 28.7 Å². The third-order valence-corrected chi connectivity index (χ3v) is 3.84. The predicted molar refractivity (Wildman–Crippen MR) is 92.0 cm³/mol. The highest BCUT2D eigenvalue weighted by atomic mass is 79.9. The summed E-state index contributed by atoms with van der Waals surface area (Å²) in [5, 5.41) is 0. The molecule has 0 aromatic heterocycles. The molecule has 2 atom stereocenters. The Morgan fingerprint density at radius 3 is 2.38 bits per heavy atom. The third kappa shape index (κ3) is 6.68. The smallest absolute Gasteiger partial charge is 0.227 e. The Hall–Kier alpha value is -0.780. The van der Waals surface area contributed by atoms with E-state index in [1.54, 1.807) is 4.90 Å². The van der Waals surface area contributed by atoms with E-state index in [4.69, 9.17) is 10.5 Å². The first-order chi connectivity index (χ1) is 9.45. The molecule has 1 aromatic carbocycles. The molecule has 1 rings (SSSR count). The Morgan fingerprint density at radius 2 is 1.90 bits per heavy atom. The Balaban J connectivity index is 0.00000400. The van der Waals surface area contributed by atoms with Gasteiger partial charge in [-0.05, 0) is 38.1 Å². The zero-order valence-corrected chi connectivity index (χ0v) is 15.1. The van der Waals surface area contributed by atoms with Crippen molar-refractivity contribution < 1.29 is 9.53 Å². The van der Waals surface area contributed by atoms with E-state index in [1.807, 2.05) is 45.0 Å². The van der Waals surface area contributed by atoms with Gasteiger partial charge in [-0.15, -0.1) is 12.4 Å². The molecular weight excluding hydrogens is 356 g/mol. The molecule has 0 spiro atoms. The van der Waals surface area contributed by atoms with E-state index < -0.39 is 0 Å². The summed E-state index contributed by atoms with van der Waals surface area (Å²) in [6, 6.07) is 7.51. The van der Waals surface area contributed by atoms with Gasteiger partial charge in [0.15, 0.2) is 0 Å². The molecule has 0 saturated carbocycles. The predicted octanol–water partition coefficient (Wildman–Crippen LogP) is 3.08. The zero-order chi connectivity index (χ0) is 15.1. The van der Waals surface area contributed by atoms with Gasteiger partial charge in [0.2, 0.25) is 5.91 Å². The maximum atomic E-state index is 12.2. The van der Waals surface area contributed by atoms with Crippen LogP contribution in [0.1, 0.15) is 20.8 Å². The molecule has 0 bridgehead atoms. The molecule has 21 heavy (non-hydrogen) atoms. The lowest BCUT2D eigenvalue weighted by Gasteiger charge is -2.26. The average molecular weight is 380 g/mol. The molecule has 1 aromatic rings. The molecule has 2 unspecified atom stereocenters. The molecule has 0 aliphatic rings. The lowest BCUT2D eigenvalue weighted by atomic mass is 10.0. The van der Waals surface area contributed by atoms with Crippen LogP contribution in [0.4, 0.5) is 0 Å². The first-order valence-corrected chi connectivity index (χ1v) is 7.67. The molecule has 120 valence electrons. The lowest BCUT2D eigenvalue weighted by Crippen LogP contribution is -2.43. The molecule has 0 fully saturated rings. The number of benzene rings is 1. The lowest BCUT2D eigenvalue weighted by molar-refractivity contribution is -0.135. The van der Waals surface area contributed by atoms with Gasteiger partial charge in [0, 0.05) is 17.1 Å². The van der Waals surface area contributed by atoms with E-state index in [0.717, 1.165) is 10.2 Å². The van der Waals surface area contributed by atoms with E-state index in [0.29, 0.717) is 19.7 Å². The van der Waals surface area contributed by atoms with E-state index in [2.05, 4.69) is 15.9 Å². The van der Waals surface area contributed by atoms with Crippen LogP contribution in [0.5, 0.6) is 5.75 Å². The molecule has 0 aliphatic heterocycles. The van der Waals surface area contributed by atoms with Crippen molar-refractivity contribution in [3.63, 3.8) is 0 Å². The van der Waals surface area contributed by atoms with Gasteiger partial charge in [0.1, 0.15) is 12.4 Å². The first kappa shape index (κ1) is 20.2. The van der Waals surface area contributed by atoms with Gasteiger partial charge >= 0.3 is 0 Å². The van der Waals surface area contributed by atoms with Crippen LogP contribution in [0, 0.1) is 5.92 Å². The van der Waals surface area contributed by atoms with Crippen molar-refractivity contribution in [3.8, 4) is 5.75 Å². The summed E-state index contributed by atoms with van der Waals surface area (Å²) in [5.41, 5.74) is 5.78. The van der Waals surface area contributed by atoms with Crippen LogP contribution in [-0.4, -0.2) is 36.5 Å². The van der Waals surface area contributed by atoms with Crippen molar-refractivity contribution in [2.24, 2.45) is 11.7 Å². The number of carbonyl (C=O) groups is 1. The number of likely N-dealkylation sites (N-methyl/N-ethyl adjacent to an activating group) is 1. The summed E-state index contributed by atoms with van der Waals surface area (Å²) in [6.07, 6.45) is 0. The number of ether oxygens (including phenoxy) is 1. The molecule has 1 amide bonds. The highest BCUT2D eigenvalue weighted by molar-refractivity contribution is 9.10. The standard InChI is InChI=1S/C15H23BrN2O2.ClH/c1-4-18(15(19)11(2)12(3)17)9-10-20-14-7-5-13(16)6-8-14;/h5-8,11-12H,4,9-10,17H2,1-3H3;1H. The van der Waals surface area contributed by atoms with Crippen molar-refractivity contribution in [2.75, 3.05) is 19.7 Å². The number of nitrogens with zero attached hydrogens (tertiary/aromatic N) is 1. The average Bonchev–Trinajstić information content (AvgIpc) is 2.44. The molecule has 0 heterocycles. The number of hydrogen-bond donors (Lipinski definition) is 1. The fourth-order valence-corrected chi connectivity index (χ4v) is 2.01. The minimum absolute atomic E-state index is 0. The topological polar surface area (TPSA) is 55.6 Å². The van der Waals surface area contributed by atoms with Crippen LogP contribution in [0.25, 0.3) is 0 Å². The van der Waals surface area contributed by atoms with Gasteiger partial charge in [-0.1, -0.05) is 22.9 Å². The van der Waals surface area contributed by atoms with Gasteiger partial charge in [-0.25, -0.2) is 0 Å². The van der Waals surface area contributed by atoms with Crippen molar-refractivity contribution in [3.05, 3.63) is 28.7 Å². The van der Waals surface area contributed by atoms with Crippen molar-refractivity contribution in [1.82, 2.24) is 4.90 Å². The summed E-state index contributed by atoms with van der Waals surface area (Å²) in [4.78, 5) is 14.0. The van der Waals surface area contributed by atoms with E-state index >= 15 is 0 Å². The second-order valence-corrected chi connectivity index (χ2v) is 5.78. The Labute approximate surface area is 141 Å².